The molecule has 0 aliphatic heterocycles. The molecule has 3 nitrogen and oxygen atoms in total. The second-order valence-electron chi connectivity index (χ2n) is 6.85. The van der Waals surface area contributed by atoms with Crippen LogP contribution >= 0.6 is 11.3 Å². The fraction of sp³-hybridized carbons (Fsp3) is 0.750. The zero-order valence-electron chi connectivity index (χ0n) is 13.1. The summed E-state index contributed by atoms with van der Waals surface area (Å²) in [5.41, 5.74) is 1.56. The summed E-state index contributed by atoms with van der Waals surface area (Å²) >= 11 is 1.67. The molecule has 0 spiro atoms. The molecule has 112 valence electrons. The van der Waals surface area contributed by atoms with Gasteiger partial charge in [0.1, 0.15) is 0 Å². The normalized spacial score (nSPS) is 18.7. The maximum atomic E-state index is 11.8. The van der Waals surface area contributed by atoms with Gasteiger partial charge in [-0.25, -0.2) is 4.98 Å². The second kappa shape index (κ2) is 6.25. The number of anilines is 1. The van der Waals surface area contributed by atoms with Gasteiger partial charge in [0.2, 0.25) is 5.91 Å². The highest BCUT2D eigenvalue weighted by Gasteiger charge is 2.30. The lowest BCUT2D eigenvalue weighted by Crippen LogP contribution is -2.26. The van der Waals surface area contributed by atoms with E-state index in [2.05, 4.69) is 38.0 Å². The zero-order valence-corrected chi connectivity index (χ0v) is 13.9. The first-order valence-corrected chi connectivity index (χ1v) is 8.50. The quantitative estimate of drug-likeness (QED) is 0.893. The van der Waals surface area contributed by atoms with Crippen molar-refractivity contribution < 1.29 is 4.79 Å². The first-order valence-electron chi connectivity index (χ1n) is 7.68. The molecule has 1 unspecified atom stereocenters. The summed E-state index contributed by atoms with van der Waals surface area (Å²) in [5, 5.41) is 3.75. The van der Waals surface area contributed by atoms with Crippen LogP contribution in [0.1, 0.15) is 63.9 Å². The van der Waals surface area contributed by atoms with Gasteiger partial charge in [-0.1, -0.05) is 34.1 Å². The van der Waals surface area contributed by atoms with Crippen LogP contribution < -0.4 is 5.32 Å². The number of hydrogen-bond donors (Lipinski definition) is 1. The van der Waals surface area contributed by atoms with Crippen LogP contribution in [0.5, 0.6) is 0 Å². The lowest BCUT2D eigenvalue weighted by molar-refractivity contribution is -0.116. The van der Waals surface area contributed by atoms with Crippen molar-refractivity contribution in [2.24, 2.45) is 11.3 Å². The number of hydrogen-bond acceptors (Lipinski definition) is 3. The number of nitrogens with one attached hydrogen (secondary N) is 1. The van der Waals surface area contributed by atoms with Gasteiger partial charge in [0.05, 0.1) is 5.69 Å². The Bertz CT molecular complexity index is 473. The molecule has 4 heteroatoms. The Morgan fingerprint density at radius 1 is 1.45 bits per heavy atom. The van der Waals surface area contributed by atoms with Crippen molar-refractivity contribution in [3.05, 3.63) is 10.6 Å². The highest BCUT2D eigenvalue weighted by atomic mass is 32.1. The van der Waals surface area contributed by atoms with Gasteiger partial charge in [0.15, 0.2) is 5.13 Å². The Kier molecular flexibility index (Phi) is 4.84. The average molecular weight is 294 g/mol. The molecule has 1 atom stereocenters. The molecule has 1 aromatic rings. The van der Waals surface area contributed by atoms with Gasteiger partial charge < -0.3 is 5.32 Å². The maximum Gasteiger partial charge on any atom is 0.226 e. The van der Waals surface area contributed by atoms with Crippen LogP contribution in [0.15, 0.2) is 0 Å². The minimum atomic E-state index is 0.102. The van der Waals surface area contributed by atoms with Crippen LogP contribution in [0.2, 0.25) is 0 Å². The molecule has 1 aliphatic rings. The van der Waals surface area contributed by atoms with Crippen LogP contribution in [-0.4, -0.2) is 10.9 Å². The van der Waals surface area contributed by atoms with Crippen LogP contribution in [-0.2, 0) is 17.6 Å². The first kappa shape index (κ1) is 15.5. The number of unbranched alkanes of at least 4 members (excludes halogenated alkanes) is 1. The SMILES string of the molecule is CCCCC(=O)Nc1nc2c(s1)CC(C(C)(C)C)CC2. The summed E-state index contributed by atoms with van der Waals surface area (Å²) in [7, 11) is 0. The molecule has 0 saturated heterocycles. The third-order valence-electron chi connectivity index (χ3n) is 4.17. The monoisotopic (exact) mass is 294 g/mol. The molecule has 2 rings (SSSR count). The molecule has 0 aromatic carbocycles. The number of carbonyl (C=O) groups is 1. The van der Waals surface area contributed by atoms with Crippen LogP contribution in [0.3, 0.4) is 0 Å². The lowest BCUT2D eigenvalue weighted by Gasteiger charge is -2.33. The van der Waals surface area contributed by atoms with Gasteiger partial charge in [-0.3, -0.25) is 4.79 Å². The van der Waals surface area contributed by atoms with Crippen molar-refractivity contribution in [2.75, 3.05) is 5.32 Å². The molecular weight excluding hydrogens is 268 g/mol. The predicted octanol–water partition coefficient (Wildman–Crippen LogP) is 4.42. The highest BCUT2D eigenvalue weighted by Crippen LogP contribution is 2.40. The van der Waals surface area contributed by atoms with E-state index in [1.165, 1.54) is 17.0 Å². The fourth-order valence-electron chi connectivity index (χ4n) is 2.69. The summed E-state index contributed by atoms with van der Waals surface area (Å²) in [4.78, 5) is 17.7. The van der Waals surface area contributed by atoms with Crippen molar-refractivity contribution in [1.82, 2.24) is 4.98 Å². The van der Waals surface area contributed by atoms with Crippen LogP contribution in [0.25, 0.3) is 0 Å². The minimum absolute atomic E-state index is 0.102. The number of fused-ring (bicyclic) bond motifs is 1. The number of aromatic nitrogens is 1. The van der Waals surface area contributed by atoms with E-state index in [-0.39, 0.29) is 5.91 Å². The van der Waals surface area contributed by atoms with E-state index in [9.17, 15) is 4.79 Å². The molecule has 1 N–H and O–H groups in total. The number of amides is 1. The first-order chi connectivity index (χ1) is 9.40. The minimum Gasteiger partial charge on any atom is -0.302 e. The van der Waals surface area contributed by atoms with Gasteiger partial charge in [0, 0.05) is 11.3 Å². The standard InChI is InChI=1S/C16H26N2OS/c1-5-6-7-14(19)18-15-17-12-9-8-11(16(2,3)4)10-13(12)20-15/h11H,5-10H2,1-4H3,(H,17,18,19). The number of carbonyl (C=O) groups excluding carboxylic acids is 1. The zero-order chi connectivity index (χ0) is 14.8. The summed E-state index contributed by atoms with van der Waals surface area (Å²) in [5.74, 6) is 0.824. The van der Waals surface area contributed by atoms with Crippen molar-refractivity contribution in [3.63, 3.8) is 0 Å². The summed E-state index contributed by atoms with van der Waals surface area (Å²) in [6.45, 7) is 9.05. The summed E-state index contributed by atoms with van der Waals surface area (Å²) in [6, 6.07) is 0. The van der Waals surface area contributed by atoms with E-state index in [1.807, 2.05) is 0 Å². The number of rotatable bonds is 4. The van der Waals surface area contributed by atoms with E-state index in [0.29, 0.717) is 11.8 Å². The number of nitrogens with zero attached hydrogens (tertiary/aromatic N) is 1. The fourth-order valence-corrected chi connectivity index (χ4v) is 3.79. The Morgan fingerprint density at radius 3 is 2.85 bits per heavy atom. The Labute approximate surface area is 126 Å². The molecule has 1 heterocycles. The van der Waals surface area contributed by atoms with Gasteiger partial charge >= 0.3 is 0 Å². The third kappa shape index (κ3) is 3.81. The molecule has 20 heavy (non-hydrogen) atoms. The second-order valence-corrected chi connectivity index (χ2v) is 7.93. The van der Waals surface area contributed by atoms with Gasteiger partial charge in [0.25, 0.3) is 0 Å². The van der Waals surface area contributed by atoms with E-state index < -0.39 is 0 Å². The molecular formula is C16H26N2OS. The average Bonchev–Trinajstić information content (AvgIpc) is 2.76. The molecule has 0 saturated carbocycles. The van der Waals surface area contributed by atoms with E-state index in [1.54, 1.807) is 11.3 Å². The highest BCUT2D eigenvalue weighted by molar-refractivity contribution is 7.15. The summed E-state index contributed by atoms with van der Waals surface area (Å²) in [6.07, 6.45) is 5.98. The van der Waals surface area contributed by atoms with Crippen molar-refractivity contribution in [2.45, 2.75) is 66.2 Å². The molecule has 1 aromatic heterocycles. The molecule has 0 bridgehead atoms. The predicted molar refractivity (Wildman–Crippen MR) is 85.2 cm³/mol. The van der Waals surface area contributed by atoms with E-state index >= 15 is 0 Å². The van der Waals surface area contributed by atoms with Crippen molar-refractivity contribution in [3.8, 4) is 0 Å². The van der Waals surface area contributed by atoms with Crippen molar-refractivity contribution >= 4 is 22.4 Å². The number of thiazole rings is 1. The smallest absolute Gasteiger partial charge is 0.226 e. The maximum absolute atomic E-state index is 11.8. The van der Waals surface area contributed by atoms with Crippen LogP contribution in [0.4, 0.5) is 5.13 Å². The van der Waals surface area contributed by atoms with E-state index in [0.717, 1.165) is 36.7 Å². The molecule has 1 amide bonds. The van der Waals surface area contributed by atoms with Gasteiger partial charge in [-0.15, -0.1) is 11.3 Å². The third-order valence-corrected chi connectivity index (χ3v) is 5.20. The van der Waals surface area contributed by atoms with Gasteiger partial charge in [-0.2, -0.15) is 0 Å². The number of aryl methyl sites for hydroxylation is 1. The molecule has 0 radical (unpaired) electrons. The lowest BCUT2D eigenvalue weighted by atomic mass is 9.73. The topological polar surface area (TPSA) is 42.0 Å². The molecule has 0 fully saturated rings. The van der Waals surface area contributed by atoms with E-state index in [4.69, 9.17) is 0 Å². The van der Waals surface area contributed by atoms with Crippen LogP contribution in [0, 0.1) is 11.3 Å². The largest absolute Gasteiger partial charge is 0.302 e. The molecule has 1 aliphatic carbocycles. The Balaban J connectivity index is 2.00. The Morgan fingerprint density at radius 2 is 2.20 bits per heavy atom. The summed E-state index contributed by atoms with van der Waals surface area (Å²) < 4.78 is 0. The van der Waals surface area contributed by atoms with Crippen molar-refractivity contribution in [1.29, 1.82) is 0 Å². The Hall–Kier alpha value is -0.900. The van der Waals surface area contributed by atoms with Gasteiger partial charge in [-0.05, 0) is 37.0 Å².